The Labute approximate surface area is 68.9 Å². The molecular weight excluding hydrogens is 158 g/mol. The van der Waals surface area contributed by atoms with Gasteiger partial charge in [0.05, 0.1) is 6.54 Å². The minimum Gasteiger partial charge on any atom is -0.373 e. The van der Waals surface area contributed by atoms with Crippen LogP contribution in [-0.2, 0) is 4.79 Å². The van der Waals surface area contributed by atoms with Gasteiger partial charge in [-0.2, -0.15) is 0 Å². The Morgan fingerprint density at radius 2 is 2.42 bits per heavy atom. The highest BCUT2D eigenvalue weighted by atomic mass is 16.2. The van der Waals surface area contributed by atoms with Crippen LogP contribution in [0, 0.1) is 0 Å². The van der Waals surface area contributed by atoms with E-state index in [1.165, 1.54) is 0 Å². The maximum atomic E-state index is 11.2. The topological polar surface area (TPSA) is 91.5 Å². The van der Waals surface area contributed by atoms with E-state index in [9.17, 15) is 4.79 Å². The van der Waals surface area contributed by atoms with Gasteiger partial charge in [-0.05, 0) is 0 Å². The molecule has 64 valence electrons. The van der Waals surface area contributed by atoms with Gasteiger partial charge >= 0.3 is 0 Å². The second-order valence-corrected chi connectivity index (χ2v) is 2.51. The van der Waals surface area contributed by atoms with E-state index < -0.39 is 6.29 Å². The minimum absolute atomic E-state index is 0.215. The van der Waals surface area contributed by atoms with Crippen LogP contribution in [0.15, 0.2) is 16.5 Å². The van der Waals surface area contributed by atoms with E-state index in [2.05, 4.69) is 20.9 Å². The molecule has 2 aliphatic heterocycles. The van der Waals surface area contributed by atoms with Crippen molar-refractivity contribution in [2.75, 3.05) is 6.54 Å². The fourth-order valence-corrected chi connectivity index (χ4v) is 1.13. The molecular formula is C6H9N5O. The molecule has 12 heavy (non-hydrogen) atoms. The predicted molar refractivity (Wildman–Crippen MR) is 42.8 cm³/mol. The number of hydrogen-bond donors (Lipinski definition) is 4. The van der Waals surface area contributed by atoms with Crippen molar-refractivity contribution in [1.29, 1.82) is 0 Å². The van der Waals surface area contributed by atoms with E-state index in [0.717, 1.165) is 0 Å². The van der Waals surface area contributed by atoms with Crippen molar-refractivity contribution in [3.8, 4) is 0 Å². The van der Waals surface area contributed by atoms with Gasteiger partial charge in [0.2, 0.25) is 0 Å². The zero-order valence-corrected chi connectivity index (χ0v) is 6.29. The summed E-state index contributed by atoms with van der Waals surface area (Å²) in [5.74, 6) is 0.297. The number of carbonyl (C=O) groups excluding carboxylic acids is 1. The van der Waals surface area contributed by atoms with Crippen LogP contribution < -0.4 is 21.7 Å². The van der Waals surface area contributed by atoms with E-state index in [1.54, 1.807) is 6.21 Å². The lowest BCUT2D eigenvalue weighted by atomic mass is 10.3. The number of nitrogens with one attached hydrogen (secondary N) is 3. The van der Waals surface area contributed by atoms with Crippen molar-refractivity contribution < 1.29 is 4.79 Å². The quantitative estimate of drug-likeness (QED) is 0.329. The summed E-state index contributed by atoms with van der Waals surface area (Å²) in [4.78, 5) is 15.2. The molecule has 0 aromatic heterocycles. The molecule has 0 aliphatic carbocycles. The fourth-order valence-electron chi connectivity index (χ4n) is 1.13. The van der Waals surface area contributed by atoms with Crippen molar-refractivity contribution in [3.63, 3.8) is 0 Å². The average molecular weight is 167 g/mol. The lowest BCUT2D eigenvalue weighted by Gasteiger charge is -2.27. The van der Waals surface area contributed by atoms with Gasteiger partial charge < -0.3 is 16.0 Å². The van der Waals surface area contributed by atoms with Gasteiger partial charge in [0, 0.05) is 6.21 Å². The molecule has 2 heterocycles. The van der Waals surface area contributed by atoms with Crippen LogP contribution in [0.25, 0.3) is 0 Å². The predicted octanol–water partition coefficient (Wildman–Crippen LogP) is -2.21. The fraction of sp³-hybridized carbons (Fsp3) is 0.333. The standard InChI is InChI=1S/C6H9N5O/c7-6-10-4-3(5(12)11-6)8-1-2-9-4/h2,6,8,10H,1,7H2,(H,11,12). The third-order valence-corrected chi connectivity index (χ3v) is 1.63. The van der Waals surface area contributed by atoms with E-state index >= 15 is 0 Å². The lowest BCUT2D eigenvalue weighted by molar-refractivity contribution is -0.119. The molecule has 5 N–H and O–H groups in total. The third-order valence-electron chi connectivity index (χ3n) is 1.63. The van der Waals surface area contributed by atoms with Crippen LogP contribution in [0.1, 0.15) is 0 Å². The largest absolute Gasteiger partial charge is 0.373 e. The summed E-state index contributed by atoms with van der Waals surface area (Å²) in [6.45, 7) is 0.573. The summed E-state index contributed by atoms with van der Waals surface area (Å²) in [7, 11) is 0. The third kappa shape index (κ3) is 1.02. The van der Waals surface area contributed by atoms with E-state index in [0.29, 0.717) is 18.1 Å². The Bertz CT molecular complexity index is 282. The maximum Gasteiger partial charge on any atom is 0.273 e. The van der Waals surface area contributed by atoms with Crippen LogP contribution in [0.3, 0.4) is 0 Å². The first-order chi connectivity index (χ1) is 5.77. The molecule has 6 nitrogen and oxygen atoms in total. The van der Waals surface area contributed by atoms with Crippen molar-refractivity contribution >= 4 is 12.1 Å². The van der Waals surface area contributed by atoms with Crippen LogP contribution in [0.5, 0.6) is 0 Å². The highest BCUT2D eigenvalue weighted by Gasteiger charge is 2.24. The van der Waals surface area contributed by atoms with E-state index in [4.69, 9.17) is 5.73 Å². The molecule has 0 aromatic rings. The van der Waals surface area contributed by atoms with Gasteiger partial charge in [-0.3, -0.25) is 10.5 Å². The second kappa shape index (κ2) is 2.49. The zero-order valence-electron chi connectivity index (χ0n) is 6.29. The molecule has 0 saturated carbocycles. The number of aliphatic imine (C=N–C) groups is 1. The molecule has 0 spiro atoms. The van der Waals surface area contributed by atoms with Crippen LogP contribution >= 0.6 is 0 Å². The number of nitrogens with two attached hydrogens (primary N) is 1. The van der Waals surface area contributed by atoms with E-state index in [1.807, 2.05) is 0 Å². The maximum absolute atomic E-state index is 11.2. The van der Waals surface area contributed by atoms with Gasteiger partial charge in [0.25, 0.3) is 5.91 Å². The summed E-state index contributed by atoms with van der Waals surface area (Å²) in [6, 6.07) is 0. The smallest absolute Gasteiger partial charge is 0.273 e. The summed E-state index contributed by atoms with van der Waals surface area (Å²) >= 11 is 0. The first-order valence-electron chi connectivity index (χ1n) is 3.61. The van der Waals surface area contributed by atoms with Crippen LogP contribution in [-0.4, -0.2) is 25.0 Å². The summed E-state index contributed by atoms with van der Waals surface area (Å²) in [5, 5.41) is 8.22. The average Bonchev–Trinajstić information content (AvgIpc) is 2.04. The highest BCUT2D eigenvalue weighted by Crippen LogP contribution is 2.06. The summed E-state index contributed by atoms with van der Waals surface area (Å²) in [5.41, 5.74) is 5.91. The first-order valence-corrected chi connectivity index (χ1v) is 3.61. The van der Waals surface area contributed by atoms with Crippen molar-refractivity contribution in [2.45, 2.75) is 6.29 Å². The molecule has 2 aliphatic rings. The number of hydrogen-bond acceptors (Lipinski definition) is 5. The van der Waals surface area contributed by atoms with Gasteiger partial charge in [-0.25, -0.2) is 4.99 Å². The summed E-state index contributed by atoms with van der Waals surface area (Å²) < 4.78 is 0. The second-order valence-electron chi connectivity index (χ2n) is 2.51. The van der Waals surface area contributed by atoms with Crippen LogP contribution in [0.4, 0.5) is 0 Å². The molecule has 2 rings (SSSR count). The van der Waals surface area contributed by atoms with Gasteiger partial charge in [-0.1, -0.05) is 0 Å². The zero-order chi connectivity index (χ0) is 8.55. The van der Waals surface area contributed by atoms with Gasteiger partial charge in [-0.15, -0.1) is 0 Å². The van der Waals surface area contributed by atoms with E-state index in [-0.39, 0.29) is 5.91 Å². The SMILES string of the molecule is NC1NC(=O)C2=C(N=CCN2)N1. The van der Waals surface area contributed by atoms with Gasteiger partial charge in [0.15, 0.2) is 12.1 Å². The molecule has 6 heteroatoms. The monoisotopic (exact) mass is 167 g/mol. The number of rotatable bonds is 0. The molecule has 1 unspecified atom stereocenters. The Kier molecular flexibility index (Phi) is 1.47. The van der Waals surface area contributed by atoms with Crippen molar-refractivity contribution in [1.82, 2.24) is 16.0 Å². The van der Waals surface area contributed by atoms with Crippen LogP contribution in [0.2, 0.25) is 0 Å². The van der Waals surface area contributed by atoms with Crippen molar-refractivity contribution in [2.24, 2.45) is 10.7 Å². The Morgan fingerprint density at radius 1 is 1.58 bits per heavy atom. The van der Waals surface area contributed by atoms with Crippen molar-refractivity contribution in [3.05, 3.63) is 11.5 Å². The molecule has 0 aromatic carbocycles. The Balaban J connectivity index is 2.33. The Morgan fingerprint density at radius 3 is 3.25 bits per heavy atom. The molecule has 1 atom stereocenters. The number of amides is 1. The highest BCUT2D eigenvalue weighted by molar-refractivity contribution is 5.95. The van der Waals surface area contributed by atoms with Gasteiger partial charge in [0.1, 0.15) is 5.70 Å². The molecule has 0 radical (unpaired) electrons. The first kappa shape index (κ1) is 7.11. The normalized spacial score (nSPS) is 27.1. The molecule has 0 fully saturated rings. The molecule has 0 bridgehead atoms. The molecule has 1 amide bonds. The minimum atomic E-state index is -0.548. The summed E-state index contributed by atoms with van der Waals surface area (Å²) in [6.07, 6.45) is 1.13. The number of carbonyl (C=O) groups is 1. The Hall–Kier alpha value is -1.56. The lowest BCUT2D eigenvalue weighted by Crippen LogP contribution is -2.58. The molecule has 0 saturated heterocycles. The number of nitrogens with zero attached hydrogens (tertiary/aromatic N) is 1.